The molecule has 7 nitrogen and oxygen atoms in total. The first-order chi connectivity index (χ1) is 16.3. The Morgan fingerprint density at radius 3 is 2.65 bits per heavy atom. The Kier molecular flexibility index (Phi) is 7.57. The van der Waals surface area contributed by atoms with Gasteiger partial charge in [0, 0.05) is 36.1 Å². The lowest BCUT2D eigenvalue weighted by Gasteiger charge is -2.34. The van der Waals surface area contributed by atoms with Gasteiger partial charge in [-0.25, -0.2) is 4.98 Å². The molecule has 3 aromatic rings. The lowest BCUT2D eigenvalue weighted by molar-refractivity contribution is 0.303. The van der Waals surface area contributed by atoms with Gasteiger partial charge < -0.3 is 15.4 Å². The number of ether oxygens (including phenoxy) is 1. The fraction of sp³-hybridized carbons (Fsp3) is 0.400. The minimum absolute atomic E-state index is 0.118. The smallest absolute Gasteiger partial charge is 0.282 e. The van der Waals surface area contributed by atoms with Crippen LogP contribution in [0.25, 0.3) is 0 Å². The highest BCUT2D eigenvalue weighted by atomic mass is 32.2. The van der Waals surface area contributed by atoms with Gasteiger partial charge in [0.25, 0.3) is 10.0 Å². The molecule has 9 heteroatoms. The quantitative estimate of drug-likeness (QED) is 0.483. The molecule has 0 spiro atoms. The van der Waals surface area contributed by atoms with Crippen LogP contribution in [0.2, 0.25) is 0 Å². The zero-order valence-electron chi connectivity index (χ0n) is 20.0. The number of piperidine rings is 1. The minimum Gasteiger partial charge on any atom is -0.496 e. The van der Waals surface area contributed by atoms with Crippen molar-refractivity contribution in [1.82, 2.24) is 15.6 Å². The number of anilines is 1. The largest absolute Gasteiger partial charge is 0.496 e. The molecule has 0 aliphatic carbocycles. The number of nitrogens with one attached hydrogen (secondary N) is 2. The van der Waals surface area contributed by atoms with Gasteiger partial charge in [0.05, 0.1) is 17.8 Å². The Bertz CT molecular complexity index is 1230. The van der Waals surface area contributed by atoms with Crippen molar-refractivity contribution in [2.45, 2.75) is 50.3 Å². The van der Waals surface area contributed by atoms with E-state index in [1.165, 1.54) is 21.2 Å². The van der Waals surface area contributed by atoms with Gasteiger partial charge in [-0.15, -0.1) is 11.3 Å². The third-order valence-electron chi connectivity index (χ3n) is 6.27. The summed E-state index contributed by atoms with van der Waals surface area (Å²) in [5.41, 5.74) is 2.75. The lowest BCUT2D eigenvalue weighted by Crippen LogP contribution is -2.45. The monoisotopic (exact) mass is 500 g/mol. The van der Waals surface area contributed by atoms with Crippen LogP contribution in [0.1, 0.15) is 39.9 Å². The number of thiazole rings is 1. The number of sulfonamides is 1. The van der Waals surface area contributed by atoms with Gasteiger partial charge in [-0.3, -0.25) is 4.31 Å². The summed E-state index contributed by atoms with van der Waals surface area (Å²) in [6.07, 6.45) is 2.16. The summed E-state index contributed by atoms with van der Waals surface area (Å²) in [5.74, 6) is 0.725. The topological polar surface area (TPSA) is 83.6 Å². The summed E-state index contributed by atoms with van der Waals surface area (Å²) in [5, 5.41) is 8.18. The van der Waals surface area contributed by atoms with E-state index in [0.29, 0.717) is 17.1 Å². The van der Waals surface area contributed by atoms with E-state index < -0.39 is 10.0 Å². The number of aryl methyl sites for hydroxylation is 2. The molecule has 1 fully saturated rings. The average molecular weight is 501 g/mol. The zero-order chi connectivity index (χ0) is 24.3. The average Bonchev–Trinajstić information content (AvgIpc) is 3.21. The van der Waals surface area contributed by atoms with Gasteiger partial charge in [-0.05, 0) is 57.0 Å². The molecule has 0 amide bonds. The van der Waals surface area contributed by atoms with E-state index in [2.05, 4.69) is 39.9 Å². The van der Waals surface area contributed by atoms with Crippen molar-refractivity contribution in [3.05, 3.63) is 69.5 Å². The Hall–Kier alpha value is -2.46. The molecule has 1 aromatic heterocycles. The van der Waals surface area contributed by atoms with E-state index in [1.807, 2.05) is 25.1 Å². The van der Waals surface area contributed by atoms with Crippen molar-refractivity contribution >= 4 is 27.0 Å². The van der Waals surface area contributed by atoms with E-state index in [-0.39, 0.29) is 17.1 Å². The Morgan fingerprint density at radius 1 is 1.21 bits per heavy atom. The number of benzene rings is 2. The van der Waals surface area contributed by atoms with Crippen LogP contribution in [-0.2, 0) is 16.6 Å². The maximum Gasteiger partial charge on any atom is 0.282 e. The first-order valence-corrected chi connectivity index (χ1v) is 13.7. The molecule has 1 aliphatic heterocycles. The van der Waals surface area contributed by atoms with Crippen LogP contribution < -0.4 is 19.7 Å². The second-order valence-electron chi connectivity index (χ2n) is 8.54. The summed E-state index contributed by atoms with van der Waals surface area (Å²) in [7, 11) is -0.554. The maximum absolute atomic E-state index is 13.3. The lowest BCUT2D eigenvalue weighted by atomic mass is 9.92. The molecular formula is C25H32N4O3S2. The zero-order valence-corrected chi connectivity index (χ0v) is 21.7. The molecule has 182 valence electrons. The predicted molar refractivity (Wildman–Crippen MR) is 137 cm³/mol. The summed E-state index contributed by atoms with van der Waals surface area (Å²) < 4.78 is 33.4. The standard InChI is InChI=1S/C25H32N4O3S2/c1-17-25(28-18(2)33-17)34(30,31)29(3)21-12-13-23(32-4)20(15-21)16-27-22-11-8-14-26-24(22)19-9-6-5-7-10-19/h5-7,9-10,12-13,15,22,24,26-27H,8,11,14,16H2,1-4H3/t22-,24-/m0/s1. The van der Waals surface area contributed by atoms with Gasteiger partial charge in [0.1, 0.15) is 5.75 Å². The van der Waals surface area contributed by atoms with Crippen molar-refractivity contribution in [1.29, 1.82) is 0 Å². The Labute approximate surface area is 206 Å². The van der Waals surface area contributed by atoms with Crippen molar-refractivity contribution in [3.8, 4) is 5.75 Å². The van der Waals surface area contributed by atoms with E-state index in [9.17, 15) is 8.42 Å². The first kappa shape index (κ1) is 24.7. The summed E-state index contributed by atoms with van der Waals surface area (Å²) in [6.45, 7) is 5.16. The predicted octanol–water partition coefficient (Wildman–Crippen LogP) is 4.18. The molecule has 0 radical (unpaired) electrons. The first-order valence-electron chi connectivity index (χ1n) is 11.4. The van der Waals surface area contributed by atoms with Crippen molar-refractivity contribution in [3.63, 3.8) is 0 Å². The third-order valence-corrected chi connectivity index (χ3v) is 9.10. The van der Waals surface area contributed by atoms with Crippen LogP contribution in [0.3, 0.4) is 0 Å². The van der Waals surface area contributed by atoms with Crippen LogP contribution in [0, 0.1) is 13.8 Å². The number of rotatable bonds is 8. The third kappa shape index (κ3) is 5.12. The second kappa shape index (κ2) is 10.4. The number of methoxy groups -OCH3 is 1. The van der Waals surface area contributed by atoms with Crippen LogP contribution in [0.15, 0.2) is 53.6 Å². The highest BCUT2D eigenvalue weighted by molar-refractivity contribution is 7.92. The van der Waals surface area contributed by atoms with Crippen LogP contribution >= 0.6 is 11.3 Å². The van der Waals surface area contributed by atoms with Crippen LogP contribution in [0.5, 0.6) is 5.75 Å². The SMILES string of the molecule is COc1ccc(N(C)S(=O)(=O)c2nc(C)sc2C)cc1CN[C@H]1CCCN[C@H]1c1ccccc1. The highest BCUT2D eigenvalue weighted by Crippen LogP contribution is 2.31. The van der Waals surface area contributed by atoms with Gasteiger partial charge in [-0.1, -0.05) is 30.3 Å². The molecule has 0 unspecified atom stereocenters. The maximum atomic E-state index is 13.3. The fourth-order valence-electron chi connectivity index (χ4n) is 4.48. The molecular weight excluding hydrogens is 468 g/mol. The number of hydrogen-bond donors (Lipinski definition) is 2. The second-order valence-corrected chi connectivity index (χ2v) is 11.8. The van der Waals surface area contributed by atoms with Gasteiger partial charge in [0.15, 0.2) is 5.03 Å². The van der Waals surface area contributed by atoms with Gasteiger partial charge >= 0.3 is 0 Å². The Morgan fingerprint density at radius 2 is 1.97 bits per heavy atom. The molecule has 2 atom stereocenters. The van der Waals surface area contributed by atoms with Gasteiger partial charge in [-0.2, -0.15) is 8.42 Å². The molecule has 2 aromatic carbocycles. The van der Waals surface area contributed by atoms with E-state index in [1.54, 1.807) is 27.1 Å². The summed E-state index contributed by atoms with van der Waals surface area (Å²) in [4.78, 5) is 4.96. The van der Waals surface area contributed by atoms with E-state index in [4.69, 9.17) is 4.74 Å². The van der Waals surface area contributed by atoms with Crippen molar-refractivity contribution in [2.24, 2.45) is 0 Å². The number of aromatic nitrogens is 1. The molecule has 0 bridgehead atoms. The molecule has 0 saturated carbocycles. The van der Waals surface area contributed by atoms with Crippen molar-refractivity contribution < 1.29 is 13.2 Å². The normalized spacial score (nSPS) is 18.6. The minimum atomic E-state index is -3.76. The van der Waals surface area contributed by atoms with Crippen molar-refractivity contribution in [2.75, 3.05) is 25.0 Å². The highest BCUT2D eigenvalue weighted by Gasteiger charge is 2.28. The Balaban J connectivity index is 1.56. The molecule has 2 N–H and O–H groups in total. The molecule has 1 aliphatic rings. The summed E-state index contributed by atoms with van der Waals surface area (Å²) in [6, 6.07) is 16.4. The van der Waals surface area contributed by atoms with Crippen LogP contribution in [-0.4, -0.2) is 40.1 Å². The molecule has 4 rings (SSSR count). The van der Waals surface area contributed by atoms with Crippen LogP contribution in [0.4, 0.5) is 5.69 Å². The molecule has 2 heterocycles. The van der Waals surface area contributed by atoms with E-state index >= 15 is 0 Å². The molecule has 34 heavy (non-hydrogen) atoms. The fourth-order valence-corrected chi connectivity index (χ4v) is 6.95. The molecule has 1 saturated heterocycles. The van der Waals surface area contributed by atoms with E-state index in [0.717, 1.165) is 35.7 Å². The number of hydrogen-bond acceptors (Lipinski definition) is 7. The summed E-state index contributed by atoms with van der Waals surface area (Å²) >= 11 is 1.39. The number of nitrogens with zero attached hydrogens (tertiary/aromatic N) is 2. The van der Waals surface area contributed by atoms with Gasteiger partial charge in [0.2, 0.25) is 0 Å².